The summed E-state index contributed by atoms with van der Waals surface area (Å²) in [5, 5.41) is 4.73. The number of fused-ring (bicyclic) bond motifs is 1. The van der Waals surface area contributed by atoms with Crippen LogP contribution >= 0.6 is 11.3 Å². The lowest BCUT2D eigenvalue weighted by atomic mass is 10.3. The first-order valence-corrected chi connectivity index (χ1v) is 8.09. The zero-order valence-electron chi connectivity index (χ0n) is 13.2. The molecule has 24 heavy (non-hydrogen) atoms. The Morgan fingerprint density at radius 3 is 2.58 bits per heavy atom. The van der Waals surface area contributed by atoms with Crippen molar-refractivity contribution in [1.82, 2.24) is 4.57 Å². The lowest BCUT2D eigenvalue weighted by Crippen LogP contribution is -2.21. The van der Waals surface area contributed by atoms with Crippen LogP contribution in [-0.2, 0) is 16.1 Å². The van der Waals surface area contributed by atoms with Crippen LogP contribution in [0.5, 0.6) is 5.75 Å². The van der Waals surface area contributed by atoms with E-state index in [9.17, 15) is 9.59 Å². The Bertz CT molecular complexity index is 880. The van der Waals surface area contributed by atoms with Gasteiger partial charge in [0.15, 0.2) is 0 Å². The number of ether oxygens (including phenoxy) is 2. The molecular weight excluding hydrogens is 328 g/mol. The molecule has 7 heteroatoms. The number of carbonyl (C=O) groups is 2. The SMILES string of the molecule is COC(=O)c1cc2sccc2n1CC(=O)Nc1ccc(OC)cc1. The summed E-state index contributed by atoms with van der Waals surface area (Å²) in [5.74, 6) is 0.0241. The molecule has 1 amide bonds. The van der Waals surface area contributed by atoms with Crippen LogP contribution in [0.4, 0.5) is 5.69 Å². The van der Waals surface area contributed by atoms with Gasteiger partial charge in [-0.25, -0.2) is 4.79 Å². The van der Waals surface area contributed by atoms with Gasteiger partial charge in [-0.05, 0) is 41.8 Å². The number of carbonyl (C=O) groups excluding carboxylic acids is 2. The summed E-state index contributed by atoms with van der Waals surface area (Å²) in [6, 6.07) is 10.7. The summed E-state index contributed by atoms with van der Waals surface area (Å²) in [4.78, 5) is 24.3. The molecule has 0 aliphatic rings. The van der Waals surface area contributed by atoms with E-state index >= 15 is 0 Å². The first-order valence-electron chi connectivity index (χ1n) is 7.21. The van der Waals surface area contributed by atoms with E-state index in [1.54, 1.807) is 42.0 Å². The van der Waals surface area contributed by atoms with Crippen LogP contribution in [-0.4, -0.2) is 30.7 Å². The average Bonchev–Trinajstić information content (AvgIpc) is 3.17. The number of anilines is 1. The van der Waals surface area contributed by atoms with Crippen molar-refractivity contribution in [1.29, 1.82) is 0 Å². The molecule has 2 aromatic heterocycles. The summed E-state index contributed by atoms with van der Waals surface area (Å²) < 4.78 is 12.5. The Morgan fingerprint density at radius 2 is 1.92 bits per heavy atom. The second-order valence-corrected chi connectivity index (χ2v) is 6.00. The smallest absolute Gasteiger partial charge is 0.354 e. The van der Waals surface area contributed by atoms with Gasteiger partial charge in [0, 0.05) is 5.69 Å². The van der Waals surface area contributed by atoms with Crippen molar-refractivity contribution >= 4 is 39.1 Å². The van der Waals surface area contributed by atoms with Crippen molar-refractivity contribution in [2.45, 2.75) is 6.54 Å². The van der Waals surface area contributed by atoms with Crippen LogP contribution < -0.4 is 10.1 Å². The second kappa shape index (κ2) is 6.76. The van der Waals surface area contributed by atoms with Crippen LogP contribution in [0.3, 0.4) is 0 Å². The lowest BCUT2D eigenvalue weighted by Gasteiger charge is -2.10. The third-order valence-corrected chi connectivity index (χ3v) is 4.45. The predicted molar refractivity (Wildman–Crippen MR) is 92.8 cm³/mol. The number of hydrogen-bond acceptors (Lipinski definition) is 5. The maximum Gasteiger partial charge on any atom is 0.354 e. The van der Waals surface area contributed by atoms with Gasteiger partial charge in [0.1, 0.15) is 18.0 Å². The highest BCUT2D eigenvalue weighted by atomic mass is 32.1. The van der Waals surface area contributed by atoms with Gasteiger partial charge in [-0.15, -0.1) is 11.3 Å². The molecule has 0 saturated heterocycles. The van der Waals surface area contributed by atoms with Crippen LogP contribution in [0.15, 0.2) is 41.8 Å². The summed E-state index contributed by atoms with van der Waals surface area (Å²) in [5.41, 5.74) is 1.86. The van der Waals surface area contributed by atoms with E-state index in [1.165, 1.54) is 18.4 Å². The van der Waals surface area contributed by atoms with Gasteiger partial charge in [-0.3, -0.25) is 4.79 Å². The third kappa shape index (κ3) is 3.11. The van der Waals surface area contributed by atoms with Crippen molar-refractivity contribution in [2.24, 2.45) is 0 Å². The van der Waals surface area contributed by atoms with Crippen molar-refractivity contribution in [2.75, 3.05) is 19.5 Å². The van der Waals surface area contributed by atoms with Crippen molar-refractivity contribution < 1.29 is 19.1 Å². The van der Waals surface area contributed by atoms with Gasteiger partial charge >= 0.3 is 5.97 Å². The Labute approximate surface area is 142 Å². The minimum absolute atomic E-state index is 0.0245. The Balaban J connectivity index is 1.81. The zero-order chi connectivity index (χ0) is 17.1. The molecule has 6 nitrogen and oxygen atoms in total. The molecule has 0 atom stereocenters. The minimum Gasteiger partial charge on any atom is -0.497 e. The number of nitrogens with one attached hydrogen (secondary N) is 1. The highest BCUT2D eigenvalue weighted by Crippen LogP contribution is 2.26. The Morgan fingerprint density at radius 1 is 1.17 bits per heavy atom. The first-order chi connectivity index (χ1) is 11.6. The number of amides is 1. The summed E-state index contributed by atoms with van der Waals surface area (Å²) in [7, 11) is 2.91. The van der Waals surface area contributed by atoms with Crippen LogP contribution in [0.1, 0.15) is 10.5 Å². The number of methoxy groups -OCH3 is 2. The molecule has 1 aromatic carbocycles. The largest absolute Gasteiger partial charge is 0.497 e. The number of rotatable bonds is 5. The molecule has 3 rings (SSSR count). The molecule has 0 spiro atoms. The quantitative estimate of drug-likeness (QED) is 0.722. The summed E-state index contributed by atoms with van der Waals surface area (Å²) in [6.45, 7) is 0.0245. The topological polar surface area (TPSA) is 69.6 Å². The number of thiophene rings is 1. The monoisotopic (exact) mass is 344 g/mol. The van der Waals surface area contributed by atoms with E-state index in [2.05, 4.69) is 5.32 Å². The zero-order valence-corrected chi connectivity index (χ0v) is 14.1. The van der Waals surface area contributed by atoms with E-state index in [-0.39, 0.29) is 12.5 Å². The van der Waals surface area contributed by atoms with E-state index in [0.29, 0.717) is 17.1 Å². The van der Waals surface area contributed by atoms with Gasteiger partial charge in [-0.1, -0.05) is 0 Å². The first kappa shape index (κ1) is 16.1. The molecule has 124 valence electrons. The van der Waals surface area contributed by atoms with E-state index in [0.717, 1.165) is 10.2 Å². The average molecular weight is 344 g/mol. The van der Waals surface area contributed by atoms with Crippen LogP contribution in [0.2, 0.25) is 0 Å². The normalized spacial score (nSPS) is 10.6. The fourth-order valence-electron chi connectivity index (χ4n) is 2.44. The molecule has 1 N–H and O–H groups in total. The number of esters is 1. The Hall–Kier alpha value is -2.80. The maximum atomic E-state index is 12.4. The molecule has 0 aliphatic heterocycles. The maximum absolute atomic E-state index is 12.4. The van der Waals surface area contributed by atoms with Crippen LogP contribution in [0.25, 0.3) is 10.2 Å². The van der Waals surface area contributed by atoms with Gasteiger partial charge in [0.2, 0.25) is 5.91 Å². The van der Waals surface area contributed by atoms with Crippen molar-refractivity contribution in [3.8, 4) is 5.75 Å². The van der Waals surface area contributed by atoms with E-state index in [1.807, 2.05) is 11.4 Å². The number of hydrogen-bond donors (Lipinski definition) is 1. The Kier molecular flexibility index (Phi) is 4.52. The fourth-order valence-corrected chi connectivity index (χ4v) is 3.26. The van der Waals surface area contributed by atoms with E-state index in [4.69, 9.17) is 9.47 Å². The number of benzene rings is 1. The minimum atomic E-state index is -0.462. The molecule has 0 bridgehead atoms. The highest BCUT2D eigenvalue weighted by molar-refractivity contribution is 7.17. The summed E-state index contributed by atoms with van der Waals surface area (Å²) in [6.07, 6.45) is 0. The number of aromatic nitrogens is 1. The van der Waals surface area contributed by atoms with Gasteiger partial charge < -0.3 is 19.4 Å². The fraction of sp³-hybridized carbons (Fsp3) is 0.176. The molecule has 2 heterocycles. The van der Waals surface area contributed by atoms with Crippen LogP contribution in [0, 0.1) is 0 Å². The highest BCUT2D eigenvalue weighted by Gasteiger charge is 2.18. The molecule has 0 saturated carbocycles. The standard InChI is InChI=1S/C17H16N2O4S/c1-22-12-5-3-11(4-6-12)18-16(20)10-19-13-7-8-24-15(13)9-14(19)17(21)23-2/h3-9H,10H2,1-2H3,(H,18,20). The van der Waals surface area contributed by atoms with Gasteiger partial charge in [-0.2, -0.15) is 0 Å². The number of nitrogens with zero attached hydrogens (tertiary/aromatic N) is 1. The second-order valence-electron chi connectivity index (χ2n) is 5.05. The summed E-state index contributed by atoms with van der Waals surface area (Å²) >= 11 is 1.51. The molecule has 3 aromatic rings. The van der Waals surface area contributed by atoms with Crippen molar-refractivity contribution in [3.63, 3.8) is 0 Å². The lowest BCUT2D eigenvalue weighted by molar-refractivity contribution is -0.116. The van der Waals surface area contributed by atoms with Gasteiger partial charge in [0.05, 0.1) is 24.4 Å². The predicted octanol–water partition coefficient (Wildman–Crippen LogP) is 3.14. The molecule has 0 unspecified atom stereocenters. The molecular formula is C17H16N2O4S. The van der Waals surface area contributed by atoms with E-state index < -0.39 is 5.97 Å². The third-order valence-electron chi connectivity index (χ3n) is 3.59. The molecule has 0 aliphatic carbocycles. The van der Waals surface area contributed by atoms with Crippen molar-refractivity contribution in [3.05, 3.63) is 47.5 Å². The van der Waals surface area contributed by atoms with Gasteiger partial charge in [0.25, 0.3) is 0 Å². The molecule has 0 radical (unpaired) electrons. The molecule has 0 fully saturated rings.